The third kappa shape index (κ3) is 5.61. The third-order valence-electron chi connectivity index (χ3n) is 2.24. The van der Waals surface area contributed by atoms with Gasteiger partial charge in [0.05, 0.1) is 15.6 Å². The van der Waals surface area contributed by atoms with Crippen molar-refractivity contribution < 1.29 is 14.6 Å². The van der Waals surface area contributed by atoms with Crippen LogP contribution < -0.4 is 4.74 Å². The number of allylic oxidation sites excluding steroid dienone is 1. The molecule has 0 unspecified atom stereocenters. The highest BCUT2D eigenvalue weighted by atomic mass is 79.9. The first-order valence-electron chi connectivity index (χ1n) is 5.68. The number of carboxylic acid groups (broad SMARTS) is 1. The van der Waals surface area contributed by atoms with Crippen LogP contribution in [0.25, 0.3) is 6.08 Å². The Morgan fingerprint density at radius 3 is 2.53 bits per heavy atom. The molecule has 3 nitrogen and oxygen atoms in total. The molecule has 0 bridgehead atoms. The largest absolute Gasteiger partial charge is 0.491 e. The molecule has 1 N–H and O–H groups in total. The van der Waals surface area contributed by atoms with Crippen LogP contribution in [0.4, 0.5) is 0 Å². The van der Waals surface area contributed by atoms with Gasteiger partial charge in [0.2, 0.25) is 0 Å². The Balaban J connectivity index is 2.79. The molecule has 0 aliphatic heterocycles. The quantitative estimate of drug-likeness (QED) is 0.419. The zero-order valence-corrected chi connectivity index (χ0v) is 13.4. The maximum atomic E-state index is 10.5. The van der Waals surface area contributed by atoms with Crippen LogP contribution in [0.5, 0.6) is 5.75 Å². The molecule has 0 saturated carbocycles. The van der Waals surface area contributed by atoms with Gasteiger partial charge >= 0.3 is 5.97 Å². The molecule has 0 aromatic heterocycles. The Hall–Kier alpha value is -1.07. The van der Waals surface area contributed by atoms with Gasteiger partial charge in [-0.25, -0.2) is 4.79 Å². The summed E-state index contributed by atoms with van der Waals surface area (Å²) in [7, 11) is 0. The molecule has 0 fully saturated rings. The molecule has 0 radical (unpaired) electrons. The van der Waals surface area contributed by atoms with E-state index in [4.69, 9.17) is 9.84 Å². The SMILES string of the molecule is C=CCCCOc1c(Br)cc(/C=C/C(=O)O)cc1Br. The van der Waals surface area contributed by atoms with E-state index >= 15 is 0 Å². The van der Waals surface area contributed by atoms with E-state index in [0.29, 0.717) is 6.61 Å². The molecule has 0 aliphatic rings. The van der Waals surface area contributed by atoms with Crippen molar-refractivity contribution in [3.05, 3.63) is 45.4 Å². The normalized spacial score (nSPS) is 10.6. The summed E-state index contributed by atoms with van der Waals surface area (Å²) in [5, 5.41) is 8.59. The summed E-state index contributed by atoms with van der Waals surface area (Å²) in [5.41, 5.74) is 0.777. The topological polar surface area (TPSA) is 46.5 Å². The second-order valence-electron chi connectivity index (χ2n) is 3.76. The van der Waals surface area contributed by atoms with E-state index < -0.39 is 5.97 Å². The molecule has 102 valence electrons. The second kappa shape index (κ2) is 8.17. The lowest BCUT2D eigenvalue weighted by Gasteiger charge is -2.10. The molecule has 0 atom stereocenters. The standard InChI is InChI=1S/C14H14Br2O3/c1-2-3-4-7-19-14-11(15)8-10(9-12(14)16)5-6-13(17)18/h2,5-6,8-9H,1,3-4,7H2,(H,17,18)/b6-5+. The molecule has 0 heterocycles. The molecule has 0 amide bonds. The Bertz CT molecular complexity index is 472. The Kier molecular flexibility index (Phi) is 6.87. The van der Waals surface area contributed by atoms with Gasteiger partial charge < -0.3 is 9.84 Å². The van der Waals surface area contributed by atoms with E-state index in [9.17, 15) is 4.79 Å². The zero-order valence-electron chi connectivity index (χ0n) is 10.2. The summed E-state index contributed by atoms with van der Waals surface area (Å²) in [6.45, 7) is 4.26. The van der Waals surface area contributed by atoms with Gasteiger partial charge in [-0.3, -0.25) is 0 Å². The molecule has 0 spiro atoms. The highest BCUT2D eigenvalue weighted by Gasteiger charge is 2.08. The molecule has 19 heavy (non-hydrogen) atoms. The van der Waals surface area contributed by atoms with Crippen LogP contribution in [0.15, 0.2) is 39.8 Å². The molecular formula is C14H14Br2O3. The van der Waals surface area contributed by atoms with Crippen LogP contribution in [0.3, 0.4) is 0 Å². The monoisotopic (exact) mass is 388 g/mol. The van der Waals surface area contributed by atoms with E-state index in [0.717, 1.165) is 39.2 Å². The summed E-state index contributed by atoms with van der Waals surface area (Å²) in [4.78, 5) is 10.5. The van der Waals surface area contributed by atoms with Crippen LogP contribution in [0, 0.1) is 0 Å². The van der Waals surface area contributed by atoms with Crippen molar-refractivity contribution in [3.8, 4) is 5.75 Å². The van der Waals surface area contributed by atoms with E-state index in [2.05, 4.69) is 38.4 Å². The number of carbonyl (C=O) groups is 1. The molecular weight excluding hydrogens is 376 g/mol. The third-order valence-corrected chi connectivity index (χ3v) is 3.42. The molecule has 1 aromatic rings. The van der Waals surface area contributed by atoms with E-state index in [-0.39, 0.29) is 0 Å². The van der Waals surface area contributed by atoms with Crippen molar-refractivity contribution in [3.63, 3.8) is 0 Å². The highest BCUT2D eigenvalue weighted by Crippen LogP contribution is 2.35. The van der Waals surface area contributed by atoms with Gasteiger partial charge in [0.15, 0.2) is 0 Å². The average Bonchev–Trinajstić information content (AvgIpc) is 2.34. The maximum Gasteiger partial charge on any atom is 0.328 e. The van der Waals surface area contributed by atoms with Gasteiger partial charge in [0, 0.05) is 6.08 Å². The van der Waals surface area contributed by atoms with Crippen LogP contribution in [-0.2, 0) is 4.79 Å². The maximum absolute atomic E-state index is 10.5. The fraction of sp³-hybridized carbons (Fsp3) is 0.214. The van der Waals surface area contributed by atoms with Crippen molar-refractivity contribution in [2.24, 2.45) is 0 Å². The van der Waals surface area contributed by atoms with Crippen molar-refractivity contribution in [1.82, 2.24) is 0 Å². The van der Waals surface area contributed by atoms with Gasteiger partial charge in [-0.1, -0.05) is 6.08 Å². The summed E-state index contributed by atoms with van der Waals surface area (Å²) >= 11 is 6.84. The van der Waals surface area contributed by atoms with Gasteiger partial charge in [-0.05, 0) is 68.5 Å². The predicted molar refractivity (Wildman–Crippen MR) is 83.4 cm³/mol. The molecule has 0 saturated heterocycles. The van der Waals surface area contributed by atoms with Gasteiger partial charge in [0.1, 0.15) is 5.75 Å². The molecule has 1 rings (SSSR count). The highest BCUT2D eigenvalue weighted by molar-refractivity contribution is 9.11. The van der Waals surface area contributed by atoms with E-state index in [1.165, 1.54) is 6.08 Å². The first-order valence-corrected chi connectivity index (χ1v) is 7.27. The molecule has 5 heteroatoms. The average molecular weight is 390 g/mol. The lowest BCUT2D eigenvalue weighted by atomic mass is 10.2. The first-order chi connectivity index (χ1) is 9.04. The van der Waals surface area contributed by atoms with E-state index in [1.54, 1.807) is 0 Å². The van der Waals surface area contributed by atoms with Crippen molar-refractivity contribution >= 4 is 43.9 Å². The van der Waals surface area contributed by atoms with Gasteiger partial charge in [-0.2, -0.15) is 0 Å². The minimum atomic E-state index is -0.975. The van der Waals surface area contributed by atoms with Gasteiger partial charge in [0.25, 0.3) is 0 Å². The van der Waals surface area contributed by atoms with E-state index in [1.807, 2.05) is 18.2 Å². The number of benzene rings is 1. The summed E-state index contributed by atoms with van der Waals surface area (Å²) < 4.78 is 7.23. The summed E-state index contributed by atoms with van der Waals surface area (Å²) in [6.07, 6.45) is 6.29. The first kappa shape index (κ1) is 16.0. The minimum Gasteiger partial charge on any atom is -0.491 e. The number of hydrogen-bond donors (Lipinski definition) is 1. The Morgan fingerprint density at radius 2 is 2.00 bits per heavy atom. The Morgan fingerprint density at radius 1 is 1.37 bits per heavy atom. The number of unbranched alkanes of at least 4 members (excludes halogenated alkanes) is 1. The second-order valence-corrected chi connectivity index (χ2v) is 5.47. The fourth-order valence-corrected chi connectivity index (χ4v) is 2.83. The molecule has 1 aromatic carbocycles. The minimum absolute atomic E-state index is 0.605. The van der Waals surface area contributed by atoms with Crippen LogP contribution >= 0.6 is 31.9 Å². The van der Waals surface area contributed by atoms with Crippen molar-refractivity contribution in [1.29, 1.82) is 0 Å². The summed E-state index contributed by atoms with van der Waals surface area (Å²) in [5.74, 6) is -0.256. The Labute approximate surface area is 129 Å². The zero-order chi connectivity index (χ0) is 14.3. The van der Waals surface area contributed by atoms with Crippen LogP contribution in [0.2, 0.25) is 0 Å². The van der Waals surface area contributed by atoms with Crippen LogP contribution in [-0.4, -0.2) is 17.7 Å². The van der Waals surface area contributed by atoms with Crippen LogP contribution in [0.1, 0.15) is 18.4 Å². The number of hydrogen-bond acceptors (Lipinski definition) is 2. The number of carboxylic acids is 1. The fourth-order valence-electron chi connectivity index (χ4n) is 1.38. The van der Waals surface area contributed by atoms with Crippen molar-refractivity contribution in [2.75, 3.05) is 6.61 Å². The lowest BCUT2D eigenvalue weighted by Crippen LogP contribution is -1.98. The van der Waals surface area contributed by atoms with Crippen molar-refractivity contribution in [2.45, 2.75) is 12.8 Å². The molecule has 0 aliphatic carbocycles. The smallest absolute Gasteiger partial charge is 0.328 e. The summed E-state index contributed by atoms with van der Waals surface area (Å²) in [6, 6.07) is 3.63. The lowest BCUT2D eigenvalue weighted by molar-refractivity contribution is -0.131. The number of aliphatic carboxylic acids is 1. The number of ether oxygens (including phenoxy) is 1. The van der Waals surface area contributed by atoms with Gasteiger partial charge in [-0.15, -0.1) is 6.58 Å². The number of halogens is 2. The predicted octanol–water partition coefficient (Wildman–Crippen LogP) is 4.65. The number of rotatable bonds is 7.